The first-order valence-corrected chi connectivity index (χ1v) is 10.4. The van der Waals surface area contributed by atoms with Gasteiger partial charge in [-0.15, -0.1) is 0 Å². The van der Waals surface area contributed by atoms with Crippen LogP contribution in [0.25, 0.3) is 10.9 Å². The second-order valence-electron chi connectivity index (χ2n) is 7.52. The molecule has 0 bridgehead atoms. The van der Waals surface area contributed by atoms with Crippen LogP contribution in [0, 0.1) is 5.82 Å². The van der Waals surface area contributed by atoms with Crippen LogP contribution >= 0.6 is 11.6 Å². The number of hydrogen-bond acceptors (Lipinski definition) is 3. The summed E-state index contributed by atoms with van der Waals surface area (Å²) in [5.74, 6) is -1.25. The van der Waals surface area contributed by atoms with Gasteiger partial charge in [0.25, 0.3) is 5.91 Å². The SMILES string of the molecule is O=C(Nc1n[nH]c2ccc(OCc3ccc(C(F)(F)F)cc3C(F)(F)F)cc12)c1ccc(F)c(Cl)c1. The van der Waals surface area contributed by atoms with Gasteiger partial charge in [-0.1, -0.05) is 17.7 Å². The Morgan fingerprint density at radius 1 is 0.972 bits per heavy atom. The van der Waals surface area contributed by atoms with Crippen molar-refractivity contribution in [3.05, 3.63) is 87.7 Å². The Morgan fingerprint density at radius 2 is 1.72 bits per heavy atom. The second-order valence-corrected chi connectivity index (χ2v) is 7.93. The first-order chi connectivity index (χ1) is 16.8. The number of halogens is 8. The molecule has 0 spiro atoms. The third-order valence-electron chi connectivity index (χ3n) is 5.08. The highest BCUT2D eigenvalue weighted by Gasteiger charge is 2.38. The number of nitrogens with zero attached hydrogens (tertiary/aromatic N) is 1. The molecule has 0 fully saturated rings. The second kappa shape index (κ2) is 9.34. The van der Waals surface area contributed by atoms with Gasteiger partial charge in [-0.05, 0) is 48.5 Å². The number of benzene rings is 3. The van der Waals surface area contributed by atoms with E-state index < -0.39 is 47.4 Å². The molecule has 0 aliphatic carbocycles. The normalized spacial score (nSPS) is 12.1. The van der Waals surface area contributed by atoms with E-state index in [1.54, 1.807) is 0 Å². The molecule has 188 valence electrons. The summed E-state index contributed by atoms with van der Waals surface area (Å²) in [6, 6.07) is 8.91. The molecule has 4 aromatic rings. The Hall–Kier alpha value is -3.80. The fourth-order valence-corrected chi connectivity index (χ4v) is 3.48. The highest BCUT2D eigenvalue weighted by molar-refractivity contribution is 6.31. The molecular weight excluding hydrogens is 519 g/mol. The standard InChI is InChI=1S/C23H13ClF7N3O2/c24-17-7-11(2-5-18(17)25)21(35)32-20-15-9-14(4-6-19(15)33-34-20)36-10-12-1-3-13(22(26,27)28)8-16(12)23(29,30)31/h1-9H,10H2,(H2,32,33,34,35). The quantitative estimate of drug-likeness (QED) is 0.267. The third-order valence-corrected chi connectivity index (χ3v) is 5.37. The molecule has 2 N–H and O–H groups in total. The molecule has 36 heavy (non-hydrogen) atoms. The fraction of sp³-hybridized carbons (Fsp3) is 0.130. The summed E-state index contributed by atoms with van der Waals surface area (Å²) in [6.07, 6.45) is -9.97. The van der Waals surface area contributed by atoms with Crippen molar-refractivity contribution in [2.24, 2.45) is 0 Å². The molecule has 1 aromatic heterocycles. The van der Waals surface area contributed by atoms with Gasteiger partial charge in [0.2, 0.25) is 0 Å². The summed E-state index contributed by atoms with van der Waals surface area (Å²) in [6.45, 7) is -0.674. The first kappa shape index (κ1) is 25.3. The van der Waals surface area contributed by atoms with Crippen LogP contribution in [0.4, 0.5) is 36.6 Å². The first-order valence-electron chi connectivity index (χ1n) is 9.97. The molecule has 0 saturated carbocycles. The number of rotatable bonds is 5. The summed E-state index contributed by atoms with van der Waals surface area (Å²) in [5, 5.41) is 9.20. The number of fused-ring (bicyclic) bond motifs is 1. The Kier molecular flexibility index (Phi) is 6.56. The van der Waals surface area contributed by atoms with E-state index in [1.807, 2.05) is 0 Å². The average Bonchev–Trinajstić information content (AvgIpc) is 3.20. The van der Waals surface area contributed by atoms with E-state index in [-0.39, 0.29) is 28.2 Å². The number of anilines is 1. The lowest BCUT2D eigenvalue weighted by atomic mass is 10.0. The van der Waals surface area contributed by atoms with Gasteiger partial charge in [0.15, 0.2) is 5.82 Å². The molecule has 13 heteroatoms. The zero-order valence-corrected chi connectivity index (χ0v) is 18.4. The van der Waals surface area contributed by atoms with Gasteiger partial charge in [0.05, 0.1) is 21.7 Å². The molecule has 4 rings (SSSR count). The maximum Gasteiger partial charge on any atom is 0.416 e. The zero-order chi connectivity index (χ0) is 26.3. The number of aromatic amines is 1. The Labute approximate surface area is 202 Å². The number of H-pyrrole nitrogens is 1. The van der Waals surface area contributed by atoms with E-state index in [1.165, 1.54) is 24.3 Å². The van der Waals surface area contributed by atoms with Crippen LogP contribution in [0.15, 0.2) is 54.6 Å². The minimum absolute atomic E-state index is 0.0350. The average molecular weight is 532 g/mol. The van der Waals surface area contributed by atoms with E-state index >= 15 is 0 Å². The van der Waals surface area contributed by atoms with Gasteiger partial charge in [0, 0.05) is 16.5 Å². The lowest BCUT2D eigenvalue weighted by Gasteiger charge is -2.16. The monoisotopic (exact) mass is 531 g/mol. The van der Waals surface area contributed by atoms with E-state index in [0.717, 1.165) is 12.1 Å². The van der Waals surface area contributed by atoms with Gasteiger partial charge in [-0.3, -0.25) is 9.89 Å². The van der Waals surface area contributed by atoms with Crippen LogP contribution in [0.1, 0.15) is 27.0 Å². The lowest BCUT2D eigenvalue weighted by Crippen LogP contribution is -2.14. The number of alkyl halides is 6. The number of aromatic nitrogens is 2. The van der Waals surface area contributed by atoms with Gasteiger partial charge in [-0.2, -0.15) is 31.4 Å². The fourth-order valence-electron chi connectivity index (χ4n) is 3.30. The zero-order valence-electron chi connectivity index (χ0n) is 17.7. The summed E-state index contributed by atoms with van der Waals surface area (Å²) in [5.41, 5.74) is -2.90. The van der Waals surface area contributed by atoms with Gasteiger partial charge < -0.3 is 10.1 Å². The summed E-state index contributed by atoms with van der Waals surface area (Å²) in [4.78, 5) is 12.5. The van der Waals surface area contributed by atoms with Crippen LogP contribution in [0.5, 0.6) is 5.75 Å². The van der Waals surface area contributed by atoms with Gasteiger partial charge in [-0.25, -0.2) is 4.39 Å². The van der Waals surface area contributed by atoms with Crippen molar-refractivity contribution in [2.75, 3.05) is 5.32 Å². The smallest absolute Gasteiger partial charge is 0.416 e. The minimum atomic E-state index is -5.03. The molecule has 1 heterocycles. The topological polar surface area (TPSA) is 67.0 Å². The number of carbonyl (C=O) groups is 1. The van der Waals surface area contributed by atoms with Crippen molar-refractivity contribution in [2.45, 2.75) is 19.0 Å². The molecule has 5 nitrogen and oxygen atoms in total. The molecular formula is C23H13ClF7N3O2. The van der Waals surface area contributed by atoms with E-state index in [2.05, 4.69) is 15.5 Å². The Bertz CT molecular complexity index is 1450. The van der Waals surface area contributed by atoms with E-state index in [9.17, 15) is 35.5 Å². The van der Waals surface area contributed by atoms with Gasteiger partial charge in [0.1, 0.15) is 18.2 Å². The van der Waals surface area contributed by atoms with Crippen LogP contribution in [0.2, 0.25) is 5.02 Å². The number of carbonyl (C=O) groups excluding carboxylic acids is 1. The minimum Gasteiger partial charge on any atom is -0.489 e. The van der Waals surface area contributed by atoms with Crippen molar-refractivity contribution in [3.63, 3.8) is 0 Å². The highest BCUT2D eigenvalue weighted by atomic mass is 35.5. The van der Waals surface area contributed by atoms with Crippen molar-refractivity contribution in [3.8, 4) is 5.75 Å². The van der Waals surface area contributed by atoms with Crippen molar-refractivity contribution in [1.82, 2.24) is 10.2 Å². The predicted octanol–water partition coefficient (Wildman–Crippen LogP) is 7.22. The number of hydrogen-bond donors (Lipinski definition) is 2. The van der Waals surface area contributed by atoms with Crippen molar-refractivity contribution in [1.29, 1.82) is 0 Å². The molecule has 0 aliphatic heterocycles. The Morgan fingerprint density at radius 3 is 2.39 bits per heavy atom. The number of amides is 1. The van der Waals surface area contributed by atoms with E-state index in [0.29, 0.717) is 23.0 Å². The number of nitrogens with one attached hydrogen (secondary N) is 2. The van der Waals surface area contributed by atoms with Crippen molar-refractivity contribution >= 4 is 34.2 Å². The molecule has 0 saturated heterocycles. The van der Waals surface area contributed by atoms with Crippen LogP contribution in [0.3, 0.4) is 0 Å². The van der Waals surface area contributed by atoms with Crippen molar-refractivity contribution < 1.29 is 40.3 Å². The molecule has 3 aromatic carbocycles. The maximum atomic E-state index is 13.4. The third kappa shape index (κ3) is 5.38. The summed E-state index contributed by atoms with van der Waals surface area (Å²) < 4.78 is 97.5. The summed E-state index contributed by atoms with van der Waals surface area (Å²) >= 11 is 5.69. The van der Waals surface area contributed by atoms with Crippen LogP contribution < -0.4 is 10.1 Å². The Balaban J connectivity index is 1.56. The highest BCUT2D eigenvalue weighted by Crippen LogP contribution is 2.38. The number of ether oxygens (including phenoxy) is 1. The maximum absolute atomic E-state index is 13.4. The van der Waals surface area contributed by atoms with Crippen LogP contribution in [-0.2, 0) is 19.0 Å². The molecule has 0 radical (unpaired) electrons. The van der Waals surface area contributed by atoms with Gasteiger partial charge >= 0.3 is 12.4 Å². The van der Waals surface area contributed by atoms with E-state index in [4.69, 9.17) is 16.3 Å². The molecule has 0 atom stereocenters. The lowest BCUT2D eigenvalue weighted by molar-refractivity contribution is -0.143. The molecule has 1 amide bonds. The summed E-state index contributed by atoms with van der Waals surface area (Å²) in [7, 11) is 0. The molecule has 0 unspecified atom stereocenters. The largest absolute Gasteiger partial charge is 0.489 e. The molecule has 0 aliphatic rings. The van der Waals surface area contributed by atoms with Crippen LogP contribution in [-0.4, -0.2) is 16.1 Å². The predicted molar refractivity (Wildman–Crippen MR) is 116 cm³/mol.